The van der Waals surface area contributed by atoms with Gasteiger partial charge in [0.05, 0.1) is 6.04 Å². The van der Waals surface area contributed by atoms with Crippen molar-refractivity contribution in [2.45, 2.75) is 18.1 Å². The van der Waals surface area contributed by atoms with Crippen molar-refractivity contribution in [1.82, 2.24) is 0 Å². The van der Waals surface area contributed by atoms with E-state index in [1.54, 1.807) is 11.0 Å². The number of benzene rings is 2. The molecule has 4 nitrogen and oxygen atoms in total. The molecule has 0 unspecified atom stereocenters. The largest absolute Gasteiger partial charge is 0.431 e. The lowest BCUT2D eigenvalue weighted by atomic mass is 9.79. The SMILES string of the molecule is O=C1C=C[C@@]2(c3ccc(Br)cc3)OC(=O)N(c3ccccc3)[C@H]2C1. The zero-order chi connectivity index (χ0) is 16.7. The second kappa shape index (κ2) is 5.60. The van der Waals surface area contributed by atoms with Crippen LogP contribution in [0.15, 0.2) is 71.2 Å². The van der Waals surface area contributed by atoms with Crippen molar-refractivity contribution in [1.29, 1.82) is 0 Å². The fourth-order valence-corrected chi connectivity index (χ4v) is 3.64. The van der Waals surface area contributed by atoms with Crippen LogP contribution in [-0.4, -0.2) is 17.9 Å². The van der Waals surface area contributed by atoms with Gasteiger partial charge in [-0.25, -0.2) is 4.79 Å². The Kier molecular flexibility index (Phi) is 3.53. The Hall–Kier alpha value is -2.40. The first-order valence-electron chi connectivity index (χ1n) is 7.65. The summed E-state index contributed by atoms with van der Waals surface area (Å²) in [5, 5.41) is 0. The zero-order valence-corrected chi connectivity index (χ0v) is 14.3. The van der Waals surface area contributed by atoms with Crippen molar-refractivity contribution >= 4 is 33.5 Å². The van der Waals surface area contributed by atoms with Gasteiger partial charge in [0.2, 0.25) is 0 Å². The molecule has 1 fully saturated rings. The molecule has 1 aliphatic heterocycles. The number of para-hydroxylation sites is 1. The maximum atomic E-state index is 12.6. The van der Waals surface area contributed by atoms with Gasteiger partial charge in [-0.1, -0.05) is 46.3 Å². The molecule has 1 amide bonds. The molecule has 2 atom stereocenters. The van der Waals surface area contributed by atoms with Crippen LogP contribution in [0.4, 0.5) is 10.5 Å². The summed E-state index contributed by atoms with van der Waals surface area (Å²) >= 11 is 3.42. The summed E-state index contributed by atoms with van der Waals surface area (Å²) in [6, 6.07) is 16.6. The number of nitrogens with zero attached hydrogens (tertiary/aromatic N) is 1. The minimum Gasteiger partial charge on any atom is -0.431 e. The highest BCUT2D eigenvalue weighted by Gasteiger charge is 2.56. The molecule has 0 bridgehead atoms. The van der Waals surface area contributed by atoms with E-state index in [0.29, 0.717) is 0 Å². The van der Waals surface area contributed by atoms with E-state index in [1.165, 1.54) is 6.08 Å². The number of allylic oxidation sites excluding steroid dienone is 1. The number of hydrogen-bond donors (Lipinski definition) is 0. The molecule has 0 saturated carbocycles. The van der Waals surface area contributed by atoms with Gasteiger partial charge in [-0.2, -0.15) is 0 Å². The fraction of sp³-hybridized carbons (Fsp3) is 0.158. The molecule has 5 heteroatoms. The van der Waals surface area contributed by atoms with Crippen molar-refractivity contribution in [3.63, 3.8) is 0 Å². The first kappa shape index (κ1) is 15.1. The number of carbonyl (C=O) groups is 2. The van der Waals surface area contributed by atoms with Crippen LogP contribution in [0.5, 0.6) is 0 Å². The summed E-state index contributed by atoms with van der Waals surface area (Å²) in [4.78, 5) is 26.3. The maximum Gasteiger partial charge on any atom is 0.416 e. The molecule has 2 aromatic carbocycles. The molecule has 2 aromatic rings. The smallest absolute Gasteiger partial charge is 0.416 e. The molecule has 1 saturated heterocycles. The monoisotopic (exact) mass is 383 g/mol. The average molecular weight is 384 g/mol. The van der Waals surface area contributed by atoms with E-state index in [0.717, 1.165) is 15.7 Å². The van der Waals surface area contributed by atoms with Gasteiger partial charge in [-0.3, -0.25) is 9.69 Å². The Morgan fingerprint density at radius 2 is 1.75 bits per heavy atom. The lowest BCUT2D eigenvalue weighted by Gasteiger charge is -2.34. The molecule has 2 aliphatic rings. The summed E-state index contributed by atoms with van der Waals surface area (Å²) in [5.41, 5.74) is 0.641. The topological polar surface area (TPSA) is 46.6 Å². The Morgan fingerprint density at radius 1 is 1.04 bits per heavy atom. The summed E-state index contributed by atoms with van der Waals surface area (Å²) in [6.45, 7) is 0. The summed E-state index contributed by atoms with van der Waals surface area (Å²) in [6.07, 6.45) is 3.02. The standard InChI is InChI=1S/C19H14BrNO3/c20-14-8-6-13(7-9-14)19-11-10-16(22)12-17(19)21(18(23)24-19)15-4-2-1-3-5-15/h1-11,17H,12H2/t17-,19-/m0/s1. The van der Waals surface area contributed by atoms with Crippen LogP contribution in [-0.2, 0) is 15.1 Å². The molecule has 120 valence electrons. The van der Waals surface area contributed by atoms with Crippen LogP contribution in [0.25, 0.3) is 0 Å². The number of hydrogen-bond acceptors (Lipinski definition) is 3. The first-order chi connectivity index (χ1) is 11.6. The highest BCUT2D eigenvalue weighted by Crippen LogP contribution is 2.45. The number of ether oxygens (including phenoxy) is 1. The predicted molar refractivity (Wildman–Crippen MR) is 93.8 cm³/mol. The number of amides is 1. The summed E-state index contributed by atoms with van der Waals surface area (Å²) < 4.78 is 6.77. The number of ketones is 1. The highest BCUT2D eigenvalue weighted by molar-refractivity contribution is 9.10. The van der Waals surface area contributed by atoms with Gasteiger partial charge >= 0.3 is 6.09 Å². The molecule has 0 radical (unpaired) electrons. The van der Waals surface area contributed by atoms with E-state index in [2.05, 4.69) is 15.9 Å². The number of fused-ring (bicyclic) bond motifs is 1. The number of rotatable bonds is 2. The van der Waals surface area contributed by atoms with Crippen LogP contribution >= 0.6 is 15.9 Å². The Morgan fingerprint density at radius 3 is 2.46 bits per heavy atom. The first-order valence-corrected chi connectivity index (χ1v) is 8.45. The number of halogens is 1. The molecule has 24 heavy (non-hydrogen) atoms. The van der Waals surface area contributed by atoms with Gasteiger partial charge in [0.15, 0.2) is 11.4 Å². The van der Waals surface area contributed by atoms with Crippen LogP contribution < -0.4 is 4.90 Å². The minimum atomic E-state index is -0.943. The molecule has 1 aliphatic carbocycles. The lowest BCUT2D eigenvalue weighted by Crippen LogP contribution is -2.46. The zero-order valence-electron chi connectivity index (χ0n) is 12.7. The molecule has 0 N–H and O–H groups in total. The van der Waals surface area contributed by atoms with E-state index in [-0.39, 0.29) is 12.2 Å². The Bertz CT molecular complexity index is 831. The van der Waals surface area contributed by atoms with Crippen molar-refractivity contribution in [3.05, 3.63) is 76.8 Å². The van der Waals surface area contributed by atoms with E-state index >= 15 is 0 Å². The second-order valence-corrected chi connectivity index (χ2v) is 6.81. The molecule has 4 rings (SSSR count). The third-order valence-electron chi connectivity index (χ3n) is 4.50. The number of anilines is 1. The van der Waals surface area contributed by atoms with Crippen LogP contribution in [0.3, 0.4) is 0 Å². The van der Waals surface area contributed by atoms with Gasteiger partial charge in [0, 0.05) is 22.1 Å². The van der Waals surface area contributed by atoms with Gasteiger partial charge < -0.3 is 4.74 Å². The number of carbonyl (C=O) groups excluding carboxylic acids is 2. The average Bonchev–Trinajstić information content (AvgIpc) is 2.88. The van der Waals surface area contributed by atoms with Crippen molar-refractivity contribution in [2.75, 3.05) is 4.90 Å². The van der Waals surface area contributed by atoms with Crippen molar-refractivity contribution in [3.8, 4) is 0 Å². The lowest BCUT2D eigenvalue weighted by molar-refractivity contribution is -0.116. The molecular weight excluding hydrogens is 370 g/mol. The predicted octanol–water partition coefficient (Wildman–Crippen LogP) is 4.20. The summed E-state index contributed by atoms with van der Waals surface area (Å²) in [7, 11) is 0. The molecule has 0 aromatic heterocycles. The molecule has 1 heterocycles. The Balaban J connectivity index is 1.86. The van der Waals surface area contributed by atoms with Gasteiger partial charge in [0.1, 0.15) is 0 Å². The van der Waals surface area contributed by atoms with Crippen LogP contribution in [0.1, 0.15) is 12.0 Å². The quantitative estimate of drug-likeness (QED) is 0.780. The van der Waals surface area contributed by atoms with Crippen molar-refractivity contribution in [2.24, 2.45) is 0 Å². The van der Waals surface area contributed by atoms with E-state index in [4.69, 9.17) is 4.74 Å². The van der Waals surface area contributed by atoms with Gasteiger partial charge in [0.25, 0.3) is 0 Å². The van der Waals surface area contributed by atoms with E-state index in [1.807, 2.05) is 54.6 Å². The van der Waals surface area contributed by atoms with Crippen molar-refractivity contribution < 1.29 is 14.3 Å². The van der Waals surface area contributed by atoms with E-state index < -0.39 is 17.7 Å². The summed E-state index contributed by atoms with van der Waals surface area (Å²) in [5.74, 6) is -0.00744. The minimum absolute atomic E-state index is 0.00744. The second-order valence-electron chi connectivity index (χ2n) is 5.89. The van der Waals surface area contributed by atoms with Gasteiger partial charge in [-0.15, -0.1) is 0 Å². The normalized spacial score (nSPS) is 25.5. The highest BCUT2D eigenvalue weighted by atomic mass is 79.9. The molecular formula is C19H14BrNO3. The maximum absolute atomic E-state index is 12.6. The van der Waals surface area contributed by atoms with Crippen LogP contribution in [0.2, 0.25) is 0 Å². The van der Waals surface area contributed by atoms with Gasteiger partial charge in [-0.05, 0) is 36.4 Å². The van der Waals surface area contributed by atoms with E-state index in [9.17, 15) is 9.59 Å². The third kappa shape index (κ3) is 2.27. The third-order valence-corrected chi connectivity index (χ3v) is 5.03. The molecule has 0 spiro atoms. The fourth-order valence-electron chi connectivity index (χ4n) is 3.38. The Labute approximate surface area is 147 Å². The van der Waals surface area contributed by atoms with Crippen LogP contribution in [0, 0.1) is 0 Å².